The van der Waals surface area contributed by atoms with E-state index in [1.165, 1.54) is 0 Å². The first kappa shape index (κ1) is 13.9. The van der Waals surface area contributed by atoms with Crippen LogP contribution < -0.4 is 10.1 Å². The summed E-state index contributed by atoms with van der Waals surface area (Å²) in [6, 6.07) is 15.3. The normalized spacial score (nSPS) is 10.1. The number of carbonyl (C=O) groups is 1. The van der Waals surface area contributed by atoms with Crippen molar-refractivity contribution >= 4 is 11.7 Å². The number of carboxylic acid groups (broad SMARTS) is 1. The van der Waals surface area contributed by atoms with Crippen molar-refractivity contribution in [1.82, 2.24) is 0 Å². The highest BCUT2D eigenvalue weighted by Gasteiger charge is 2.00. The van der Waals surface area contributed by atoms with Gasteiger partial charge in [-0.1, -0.05) is 24.3 Å². The molecule has 0 spiro atoms. The summed E-state index contributed by atoms with van der Waals surface area (Å²) >= 11 is 0. The van der Waals surface area contributed by atoms with Gasteiger partial charge in [0.15, 0.2) is 0 Å². The fraction of sp³-hybridized carbons (Fsp3) is 0.188. The monoisotopic (exact) mass is 271 g/mol. The minimum Gasteiger partial charge on any atom is -0.497 e. The lowest BCUT2D eigenvalue weighted by atomic mass is 10.1. The fourth-order valence-corrected chi connectivity index (χ4v) is 1.90. The molecule has 0 bridgehead atoms. The lowest BCUT2D eigenvalue weighted by molar-refractivity contribution is -0.136. The van der Waals surface area contributed by atoms with Crippen molar-refractivity contribution in [3.05, 3.63) is 59.7 Å². The van der Waals surface area contributed by atoms with Crippen molar-refractivity contribution in [3.8, 4) is 5.75 Å². The Morgan fingerprint density at radius 1 is 1.15 bits per heavy atom. The largest absolute Gasteiger partial charge is 0.497 e. The van der Waals surface area contributed by atoms with Crippen LogP contribution in [0.5, 0.6) is 5.75 Å². The Kier molecular flexibility index (Phi) is 4.60. The summed E-state index contributed by atoms with van der Waals surface area (Å²) in [6.45, 7) is 0.690. The van der Waals surface area contributed by atoms with E-state index in [1.807, 2.05) is 48.5 Å². The molecular weight excluding hydrogens is 254 g/mol. The second-order valence-corrected chi connectivity index (χ2v) is 4.47. The van der Waals surface area contributed by atoms with Gasteiger partial charge in [-0.15, -0.1) is 0 Å². The van der Waals surface area contributed by atoms with Crippen LogP contribution in [0.4, 0.5) is 5.69 Å². The van der Waals surface area contributed by atoms with Crippen molar-refractivity contribution in [2.75, 3.05) is 12.4 Å². The molecule has 0 saturated carbocycles. The third-order valence-electron chi connectivity index (χ3n) is 2.94. The van der Waals surface area contributed by atoms with E-state index in [4.69, 9.17) is 9.84 Å². The summed E-state index contributed by atoms with van der Waals surface area (Å²) < 4.78 is 5.18. The molecule has 0 aliphatic heterocycles. The Hall–Kier alpha value is -2.49. The topological polar surface area (TPSA) is 58.6 Å². The lowest BCUT2D eigenvalue weighted by Crippen LogP contribution is -2.02. The number of carboxylic acids is 1. The molecule has 0 amide bonds. The molecule has 0 aliphatic carbocycles. The Bertz CT molecular complexity index is 579. The summed E-state index contributed by atoms with van der Waals surface area (Å²) in [5.74, 6) is 0.0168. The van der Waals surface area contributed by atoms with Gasteiger partial charge in [0.25, 0.3) is 0 Å². The zero-order chi connectivity index (χ0) is 14.4. The third-order valence-corrected chi connectivity index (χ3v) is 2.94. The Balaban J connectivity index is 1.94. The maximum atomic E-state index is 10.6. The van der Waals surface area contributed by atoms with Crippen LogP contribution in [0.1, 0.15) is 11.1 Å². The van der Waals surface area contributed by atoms with Crippen molar-refractivity contribution in [2.24, 2.45) is 0 Å². The predicted molar refractivity (Wildman–Crippen MR) is 78.1 cm³/mol. The second kappa shape index (κ2) is 6.61. The van der Waals surface area contributed by atoms with E-state index in [0.717, 1.165) is 22.6 Å². The van der Waals surface area contributed by atoms with Gasteiger partial charge in [-0.2, -0.15) is 0 Å². The van der Waals surface area contributed by atoms with Gasteiger partial charge in [0.05, 0.1) is 13.5 Å². The van der Waals surface area contributed by atoms with E-state index >= 15 is 0 Å². The summed E-state index contributed by atoms with van der Waals surface area (Å²) in [5, 5.41) is 12.0. The van der Waals surface area contributed by atoms with Crippen LogP contribution in [-0.2, 0) is 17.8 Å². The first-order valence-electron chi connectivity index (χ1n) is 6.35. The maximum absolute atomic E-state index is 10.6. The molecule has 2 N–H and O–H groups in total. The van der Waals surface area contributed by atoms with Crippen LogP contribution in [0.25, 0.3) is 0 Å². The van der Waals surface area contributed by atoms with E-state index in [1.54, 1.807) is 7.11 Å². The first-order chi connectivity index (χ1) is 9.67. The van der Waals surface area contributed by atoms with Gasteiger partial charge >= 0.3 is 5.97 Å². The number of methoxy groups -OCH3 is 1. The molecule has 2 aromatic carbocycles. The van der Waals surface area contributed by atoms with Crippen LogP contribution in [0.2, 0.25) is 0 Å². The zero-order valence-corrected chi connectivity index (χ0v) is 11.3. The van der Waals surface area contributed by atoms with E-state index in [-0.39, 0.29) is 6.42 Å². The van der Waals surface area contributed by atoms with Crippen LogP contribution in [0, 0.1) is 0 Å². The molecule has 2 aromatic rings. The van der Waals surface area contributed by atoms with E-state index < -0.39 is 5.97 Å². The molecule has 4 nitrogen and oxygen atoms in total. The quantitative estimate of drug-likeness (QED) is 0.848. The molecule has 0 heterocycles. The molecule has 4 heteroatoms. The molecule has 2 rings (SSSR count). The number of anilines is 1. The average Bonchev–Trinajstić information content (AvgIpc) is 2.46. The van der Waals surface area contributed by atoms with Crippen molar-refractivity contribution in [1.29, 1.82) is 0 Å². The summed E-state index contributed by atoms with van der Waals surface area (Å²) in [4.78, 5) is 10.6. The predicted octanol–water partition coefficient (Wildman–Crippen LogP) is 2.93. The zero-order valence-electron chi connectivity index (χ0n) is 11.3. The highest BCUT2D eigenvalue weighted by Crippen LogP contribution is 2.15. The SMILES string of the molecule is COc1cccc(CNc2ccc(CC(=O)O)cc2)c1. The molecule has 0 fully saturated rings. The number of ether oxygens (including phenoxy) is 1. The van der Waals surface area contributed by atoms with Gasteiger partial charge < -0.3 is 15.2 Å². The van der Waals surface area contributed by atoms with Crippen LogP contribution in [0.3, 0.4) is 0 Å². The number of hydrogen-bond donors (Lipinski definition) is 2. The van der Waals surface area contributed by atoms with Crippen molar-refractivity contribution in [3.63, 3.8) is 0 Å². The van der Waals surface area contributed by atoms with Gasteiger partial charge in [-0.3, -0.25) is 4.79 Å². The van der Waals surface area contributed by atoms with Gasteiger partial charge in [0.2, 0.25) is 0 Å². The van der Waals surface area contributed by atoms with Crippen molar-refractivity contribution < 1.29 is 14.6 Å². The van der Waals surface area contributed by atoms with Crippen LogP contribution >= 0.6 is 0 Å². The average molecular weight is 271 g/mol. The number of rotatable bonds is 6. The van der Waals surface area contributed by atoms with Crippen LogP contribution in [-0.4, -0.2) is 18.2 Å². The van der Waals surface area contributed by atoms with Gasteiger partial charge in [0.1, 0.15) is 5.75 Å². The Morgan fingerprint density at radius 3 is 2.55 bits per heavy atom. The summed E-state index contributed by atoms with van der Waals surface area (Å²) in [6.07, 6.45) is 0.0518. The highest BCUT2D eigenvalue weighted by atomic mass is 16.5. The molecule has 0 unspecified atom stereocenters. The molecule has 104 valence electrons. The van der Waals surface area contributed by atoms with E-state index in [0.29, 0.717) is 6.54 Å². The summed E-state index contributed by atoms with van der Waals surface area (Å²) in [5.41, 5.74) is 2.88. The third kappa shape index (κ3) is 4.02. The molecule has 0 radical (unpaired) electrons. The Labute approximate surface area is 118 Å². The number of benzene rings is 2. The first-order valence-corrected chi connectivity index (χ1v) is 6.35. The number of hydrogen-bond acceptors (Lipinski definition) is 3. The number of nitrogens with one attached hydrogen (secondary N) is 1. The van der Waals surface area contributed by atoms with E-state index in [9.17, 15) is 4.79 Å². The lowest BCUT2D eigenvalue weighted by Gasteiger charge is -2.08. The molecule has 0 saturated heterocycles. The van der Waals surface area contributed by atoms with Gasteiger partial charge in [0, 0.05) is 12.2 Å². The minimum absolute atomic E-state index is 0.0518. The minimum atomic E-state index is -0.818. The van der Waals surface area contributed by atoms with Crippen LogP contribution in [0.15, 0.2) is 48.5 Å². The molecule has 0 atom stereocenters. The highest BCUT2D eigenvalue weighted by molar-refractivity contribution is 5.70. The molecule has 20 heavy (non-hydrogen) atoms. The maximum Gasteiger partial charge on any atom is 0.307 e. The molecular formula is C16H17NO3. The number of aliphatic carboxylic acids is 1. The van der Waals surface area contributed by atoms with E-state index in [2.05, 4.69) is 5.32 Å². The standard InChI is InChI=1S/C16H17NO3/c1-20-15-4-2-3-13(9-15)11-17-14-7-5-12(6-8-14)10-16(18)19/h2-9,17H,10-11H2,1H3,(H,18,19). The van der Waals surface area contributed by atoms with Gasteiger partial charge in [-0.25, -0.2) is 0 Å². The molecule has 0 aromatic heterocycles. The smallest absolute Gasteiger partial charge is 0.307 e. The second-order valence-electron chi connectivity index (χ2n) is 4.47. The summed E-state index contributed by atoms with van der Waals surface area (Å²) in [7, 11) is 1.65. The fourth-order valence-electron chi connectivity index (χ4n) is 1.90. The van der Waals surface area contributed by atoms with Gasteiger partial charge in [-0.05, 0) is 35.4 Å². The van der Waals surface area contributed by atoms with Crippen molar-refractivity contribution in [2.45, 2.75) is 13.0 Å². The Morgan fingerprint density at radius 2 is 1.90 bits per heavy atom. The molecule has 0 aliphatic rings.